The van der Waals surface area contributed by atoms with E-state index in [1.165, 1.54) is 42.6 Å². The number of hydrogen-bond acceptors (Lipinski definition) is 9. The van der Waals surface area contributed by atoms with Crippen LogP contribution in [-0.2, 0) is 16.9 Å². The number of aryl methyl sites for hydroxylation is 1. The van der Waals surface area contributed by atoms with E-state index in [1.54, 1.807) is 26.2 Å². The molecule has 0 spiro atoms. The summed E-state index contributed by atoms with van der Waals surface area (Å²) in [7, 11) is 1.64. The molecule has 0 bridgehead atoms. The Morgan fingerprint density at radius 3 is 2.92 bits per heavy atom. The number of nitrogens with zero attached hydrogens (tertiary/aromatic N) is 3. The number of nitrogens with two attached hydrogens (primary N) is 1. The van der Waals surface area contributed by atoms with Crippen LogP contribution in [0.15, 0.2) is 52.3 Å². The number of aromatic nitrogens is 2. The van der Waals surface area contributed by atoms with Gasteiger partial charge in [0.25, 0.3) is 5.91 Å². The average Bonchev–Trinajstić information content (AvgIpc) is 3.31. The third-order valence-corrected chi connectivity index (χ3v) is 7.90. The molecule has 1 saturated carbocycles. The van der Waals surface area contributed by atoms with Crippen LogP contribution in [0.25, 0.3) is 0 Å². The molecule has 2 aliphatic rings. The molecule has 1 aromatic carbocycles. The van der Waals surface area contributed by atoms with Crippen LogP contribution in [0.1, 0.15) is 40.9 Å². The summed E-state index contributed by atoms with van der Waals surface area (Å²) in [5.74, 6) is 0.156. The lowest BCUT2D eigenvalue weighted by atomic mass is 9.85. The molecular formula is C25H26FN5O4S. The van der Waals surface area contributed by atoms with Gasteiger partial charge in [0.2, 0.25) is 5.89 Å². The third kappa shape index (κ3) is 4.44. The summed E-state index contributed by atoms with van der Waals surface area (Å²) in [4.78, 5) is 25.9. The fourth-order valence-corrected chi connectivity index (χ4v) is 6.30. The molecule has 0 saturated heterocycles. The van der Waals surface area contributed by atoms with Crippen LogP contribution < -0.4 is 15.8 Å². The Bertz CT molecular complexity index is 1330. The maximum Gasteiger partial charge on any atom is 0.274 e. The number of halogens is 1. The number of anilines is 1. The first kappa shape index (κ1) is 24.3. The first-order valence-corrected chi connectivity index (χ1v) is 12.2. The molecule has 1 aliphatic carbocycles. The molecule has 3 atom stereocenters. The highest BCUT2D eigenvalue weighted by atomic mass is 32.2. The highest BCUT2D eigenvalue weighted by Crippen LogP contribution is 2.66. The number of nitrogens with one attached hydrogen (secondary N) is 1. The largest absolute Gasteiger partial charge is 0.482 e. The summed E-state index contributed by atoms with van der Waals surface area (Å²) in [5.41, 5.74) is 6.94. The number of fused-ring (bicyclic) bond motifs is 1. The fraction of sp³-hybridized carbons (Fsp3) is 0.360. The van der Waals surface area contributed by atoms with E-state index in [-0.39, 0.29) is 23.0 Å². The molecular weight excluding hydrogens is 485 g/mol. The van der Waals surface area contributed by atoms with Gasteiger partial charge in [-0.2, -0.15) is 0 Å². The van der Waals surface area contributed by atoms with Crippen LogP contribution in [0.4, 0.5) is 10.1 Å². The number of methoxy groups -OCH3 is 1. The van der Waals surface area contributed by atoms with E-state index in [0.29, 0.717) is 40.2 Å². The van der Waals surface area contributed by atoms with Crippen LogP contribution >= 0.6 is 11.8 Å². The summed E-state index contributed by atoms with van der Waals surface area (Å²) in [5, 5.41) is 3.23. The van der Waals surface area contributed by atoms with Crippen LogP contribution in [-0.4, -0.2) is 39.5 Å². The van der Waals surface area contributed by atoms with E-state index in [2.05, 4.69) is 20.3 Å². The Balaban J connectivity index is 1.34. The van der Waals surface area contributed by atoms with Crippen LogP contribution in [0.3, 0.4) is 0 Å². The Kier molecular flexibility index (Phi) is 6.21. The number of thioether (sulfide) groups is 1. The number of benzene rings is 1. The minimum atomic E-state index is -0.866. The van der Waals surface area contributed by atoms with E-state index in [4.69, 9.17) is 19.6 Å². The van der Waals surface area contributed by atoms with Gasteiger partial charge in [-0.15, -0.1) is 0 Å². The van der Waals surface area contributed by atoms with Gasteiger partial charge in [-0.05, 0) is 50.1 Å². The number of oxazole rings is 1. The molecule has 3 N–H and O–H groups in total. The molecule has 11 heteroatoms. The summed E-state index contributed by atoms with van der Waals surface area (Å²) < 4.78 is 31.0. The SMILES string of the molecule is COC[C@]12C[C@H]1[C@](C)(c1cc(NC(=O)c3ncc(OCc4ncco4)cc3C)ccc1F)N=C(N)S2. The Morgan fingerprint density at radius 2 is 2.19 bits per heavy atom. The van der Waals surface area contributed by atoms with Crippen molar-refractivity contribution in [2.45, 2.75) is 37.2 Å². The molecule has 3 aromatic rings. The quantitative estimate of drug-likeness (QED) is 0.464. The summed E-state index contributed by atoms with van der Waals surface area (Å²) in [6, 6.07) is 6.19. The second kappa shape index (κ2) is 9.21. The molecule has 5 rings (SSSR count). The Hall–Kier alpha value is -3.44. The topological polar surface area (TPSA) is 125 Å². The third-order valence-electron chi connectivity index (χ3n) is 6.63. The number of amidine groups is 1. The maximum atomic E-state index is 15.1. The predicted octanol–water partition coefficient (Wildman–Crippen LogP) is 4.03. The highest BCUT2D eigenvalue weighted by Gasteiger charge is 2.66. The van der Waals surface area contributed by atoms with E-state index < -0.39 is 17.3 Å². The van der Waals surface area contributed by atoms with E-state index in [1.807, 2.05) is 6.92 Å². The predicted molar refractivity (Wildman–Crippen MR) is 133 cm³/mol. The molecule has 9 nitrogen and oxygen atoms in total. The standard InChI is InChI=1S/C25H26FN5O4S/c1-14-8-16(35-12-20-28-6-7-34-20)11-29-21(14)22(32)30-15-4-5-18(26)17(9-15)24(2)19-10-25(19,13-33-3)36-23(27)31-24/h4-9,11,19H,10,12-13H2,1-3H3,(H2,27,31)(H,30,32)/t19-,24-,25+/m0/s1. The van der Waals surface area contributed by atoms with Crippen molar-refractivity contribution in [3.8, 4) is 5.75 Å². The van der Waals surface area contributed by atoms with Crippen LogP contribution in [0.2, 0.25) is 0 Å². The Morgan fingerprint density at radius 1 is 1.36 bits per heavy atom. The molecule has 2 aromatic heterocycles. The van der Waals surface area contributed by atoms with Crippen LogP contribution in [0, 0.1) is 18.7 Å². The lowest BCUT2D eigenvalue weighted by molar-refractivity contribution is 0.102. The maximum absolute atomic E-state index is 15.1. The van der Waals surface area contributed by atoms with Gasteiger partial charge in [0, 0.05) is 24.3 Å². The number of carbonyl (C=O) groups is 1. The minimum Gasteiger partial charge on any atom is -0.482 e. The van der Waals surface area contributed by atoms with E-state index in [0.717, 1.165) is 6.42 Å². The van der Waals surface area contributed by atoms with Crippen molar-refractivity contribution in [2.75, 3.05) is 19.0 Å². The molecule has 36 heavy (non-hydrogen) atoms. The number of pyridine rings is 1. The Labute approximate surface area is 211 Å². The normalized spacial score (nSPS) is 24.6. The number of hydrogen-bond donors (Lipinski definition) is 2. The van der Waals surface area contributed by atoms with Crippen molar-refractivity contribution in [1.29, 1.82) is 0 Å². The van der Waals surface area contributed by atoms with Crippen molar-refractivity contribution in [1.82, 2.24) is 9.97 Å². The number of carbonyl (C=O) groups excluding carboxylic acids is 1. The zero-order valence-corrected chi connectivity index (χ0v) is 20.9. The number of aliphatic imine (C=N–C) groups is 1. The zero-order chi connectivity index (χ0) is 25.5. The van der Waals surface area contributed by atoms with Gasteiger partial charge in [0.15, 0.2) is 11.8 Å². The van der Waals surface area contributed by atoms with Gasteiger partial charge in [0.1, 0.15) is 23.5 Å². The minimum absolute atomic E-state index is 0.0653. The summed E-state index contributed by atoms with van der Waals surface area (Å²) in [6.07, 6.45) is 5.27. The fourth-order valence-electron chi connectivity index (χ4n) is 4.85. The van der Waals surface area contributed by atoms with Crippen molar-refractivity contribution < 1.29 is 23.1 Å². The second-order valence-electron chi connectivity index (χ2n) is 9.15. The van der Waals surface area contributed by atoms with Gasteiger partial charge < -0.3 is 24.9 Å². The average molecular weight is 512 g/mol. The van der Waals surface area contributed by atoms with E-state index >= 15 is 4.39 Å². The lowest BCUT2D eigenvalue weighted by Gasteiger charge is -2.34. The summed E-state index contributed by atoms with van der Waals surface area (Å²) in [6.45, 7) is 4.30. The van der Waals surface area contributed by atoms with Crippen molar-refractivity contribution in [3.63, 3.8) is 0 Å². The first-order chi connectivity index (χ1) is 17.2. The molecule has 3 heterocycles. The van der Waals surface area contributed by atoms with Gasteiger partial charge in [0.05, 0.1) is 29.3 Å². The lowest BCUT2D eigenvalue weighted by Crippen LogP contribution is -2.37. The number of ether oxygens (including phenoxy) is 2. The van der Waals surface area contributed by atoms with Gasteiger partial charge in [-0.3, -0.25) is 9.79 Å². The van der Waals surface area contributed by atoms with Gasteiger partial charge in [-0.25, -0.2) is 14.4 Å². The first-order valence-electron chi connectivity index (χ1n) is 11.4. The molecule has 1 fully saturated rings. The molecule has 1 amide bonds. The highest BCUT2D eigenvalue weighted by molar-refractivity contribution is 8.15. The molecule has 1 aliphatic heterocycles. The molecule has 0 radical (unpaired) electrons. The zero-order valence-electron chi connectivity index (χ0n) is 20.1. The van der Waals surface area contributed by atoms with E-state index in [9.17, 15) is 4.79 Å². The summed E-state index contributed by atoms with van der Waals surface area (Å²) >= 11 is 1.49. The van der Waals surface area contributed by atoms with Crippen molar-refractivity contribution in [3.05, 3.63) is 71.5 Å². The molecule has 0 unspecified atom stereocenters. The van der Waals surface area contributed by atoms with Gasteiger partial charge >= 0.3 is 0 Å². The van der Waals surface area contributed by atoms with Gasteiger partial charge in [-0.1, -0.05) is 11.8 Å². The second-order valence-corrected chi connectivity index (χ2v) is 10.6. The van der Waals surface area contributed by atoms with Crippen molar-refractivity contribution >= 4 is 28.5 Å². The smallest absolute Gasteiger partial charge is 0.274 e. The van der Waals surface area contributed by atoms with Crippen LogP contribution in [0.5, 0.6) is 5.75 Å². The monoisotopic (exact) mass is 511 g/mol. The molecule has 188 valence electrons. The number of rotatable bonds is 8. The van der Waals surface area contributed by atoms with Crippen molar-refractivity contribution in [2.24, 2.45) is 16.6 Å². The number of amides is 1.